The first-order chi connectivity index (χ1) is 7.58. The first kappa shape index (κ1) is 12.9. The van der Waals surface area contributed by atoms with E-state index < -0.39 is 12.1 Å². The largest absolute Gasteiger partial charge is 0.468 e. The molecule has 0 spiro atoms. The van der Waals surface area contributed by atoms with E-state index in [9.17, 15) is 9.59 Å². The summed E-state index contributed by atoms with van der Waals surface area (Å²) in [6.07, 6.45) is 0.939. The third-order valence-electron chi connectivity index (χ3n) is 2.62. The SMILES string of the molecule is COC(=O)CN(C)C(=O)C1CCC(CN)O1. The van der Waals surface area contributed by atoms with Crippen molar-refractivity contribution in [1.29, 1.82) is 0 Å². The second kappa shape index (κ2) is 5.81. The van der Waals surface area contributed by atoms with Gasteiger partial charge in [0.2, 0.25) is 0 Å². The molecule has 1 aliphatic heterocycles. The molecule has 92 valence electrons. The van der Waals surface area contributed by atoms with Crippen molar-refractivity contribution in [2.24, 2.45) is 5.73 Å². The van der Waals surface area contributed by atoms with Gasteiger partial charge >= 0.3 is 5.97 Å². The van der Waals surface area contributed by atoms with Crippen molar-refractivity contribution in [3.05, 3.63) is 0 Å². The summed E-state index contributed by atoms with van der Waals surface area (Å²) in [5.41, 5.74) is 5.45. The zero-order chi connectivity index (χ0) is 12.1. The quantitative estimate of drug-likeness (QED) is 0.634. The Bertz CT molecular complexity index is 270. The fourth-order valence-electron chi connectivity index (χ4n) is 1.64. The maximum absolute atomic E-state index is 11.8. The van der Waals surface area contributed by atoms with Crippen molar-refractivity contribution in [1.82, 2.24) is 4.90 Å². The van der Waals surface area contributed by atoms with Gasteiger partial charge in [-0.05, 0) is 12.8 Å². The summed E-state index contributed by atoms with van der Waals surface area (Å²) in [6.45, 7) is 0.368. The number of ether oxygens (including phenoxy) is 2. The lowest BCUT2D eigenvalue weighted by atomic mass is 10.2. The molecule has 1 aliphatic rings. The molecule has 2 atom stereocenters. The van der Waals surface area contributed by atoms with Crippen LogP contribution in [0.1, 0.15) is 12.8 Å². The second-order valence-corrected chi connectivity index (χ2v) is 3.83. The minimum Gasteiger partial charge on any atom is -0.468 e. The number of likely N-dealkylation sites (N-methyl/N-ethyl adjacent to an activating group) is 1. The lowest BCUT2D eigenvalue weighted by Gasteiger charge is -2.19. The molecule has 2 N–H and O–H groups in total. The summed E-state index contributed by atoms with van der Waals surface area (Å²) in [6, 6.07) is 0. The monoisotopic (exact) mass is 230 g/mol. The van der Waals surface area contributed by atoms with E-state index in [1.54, 1.807) is 7.05 Å². The standard InChI is InChI=1S/C10H18N2O4/c1-12(6-9(13)15-2)10(14)8-4-3-7(5-11)16-8/h7-8H,3-6,11H2,1-2H3. The molecule has 2 unspecified atom stereocenters. The summed E-state index contributed by atoms with van der Waals surface area (Å²) in [5, 5.41) is 0. The van der Waals surface area contributed by atoms with Crippen molar-refractivity contribution in [2.45, 2.75) is 25.0 Å². The minimum atomic E-state index is -0.469. The highest BCUT2D eigenvalue weighted by Crippen LogP contribution is 2.20. The van der Waals surface area contributed by atoms with Crippen LogP contribution in [0.2, 0.25) is 0 Å². The van der Waals surface area contributed by atoms with Crippen LogP contribution in [-0.4, -0.2) is 56.2 Å². The number of amides is 1. The van der Waals surface area contributed by atoms with E-state index in [1.165, 1.54) is 12.0 Å². The third-order valence-corrected chi connectivity index (χ3v) is 2.62. The molecule has 0 radical (unpaired) electrons. The normalized spacial score (nSPS) is 24.2. The molecule has 6 heteroatoms. The fraction of sp³-hybridized carbons (Fsp3) is 0.800. The van der Waals surface area contributed by atoms with Gasteiger partial charge in [0.15, 0.2) is 0 Å². The zero-order valence-corrected chi connectivity index (χ0v) is 9.64. The summed E-state index contributed by atoms with van der Waals surface area (Å²) < 4.78 is 9.92. The Kier molecular flexibility index (Phi) is 4.70. The first-order valence-corrected chi connectivity index (χ1v) is 5.25. The Morgan fingerprint density at radius 2 is 2.19 bits per heavy atom. The summed E-state index contributed by atoms with van der Waals surface area (Å²) >= 11 is 0. The molecule has 0 bridgehead atoms. The summed E-state index contributed by atoms with van der Waals surface area (Å²) in [7, 11) is 2.84. The van der Waals surface area contributed by atoms with Gasteiger partial charge in [-0.15, -0.1) is 0 Å². The highest BCUT2D eigenvalue weighted by molar-refractivity contribution is 5.85. The molecular formula is C10H18N2O4. The Labute approximate surface area is 94.7 Å². The van der Waals surface area contributed by atoms with Crippen molar-refractivity contribution < 1.29 is 19.1 Å². The Morgan fingerprint density at radius 1 is 1.50 bits per heavy atom. The maximum atomic E-state index is 11.8. The number of carbonyl (C=O) groups excluding carboxylic acids is 2. The Balaban J connectivity index is 2.42. The van der Waals surface area contributed by atoms with Crippen molar-refractivity contribution in [3.8, 4) is 0 Å². The predicted octanol–water partition coefficient (Wildman–Crippen LogP) is -0.876. The van der Waals surface area contributed by atoms with Crippen LogP contribution >= 0.6 is 0 Å². The molecule has 0 aliphatic carbocycles. The molecule has 1 amide bonds. The van der Waals surface area contributed by atoms with Gasteiger partial charge in [0.1, 0.15) is 12.6 Å². The van der Waals surface area contributed by atoms with E-state index in [0.29, 0.717) is 13.0 Å². The van der Waals surface area contributed by atoms with Crippen molar-refractivity contribution >= 4 is 11.9 Å². The molecule has 1 heterocycles. The highest BCUT2D eigenvalue weighted by atomic mass is 16.5. The molecular weight excluding hydrogens is 212 g/mol. The molecule has 1 rings (SSSR count). The van der Waals surface area contributed by atoms with Gasteiger partial charge < -0.3 is 20.1 Å². The molecule has 6 nitrogen and oxygen atoms in total. The highest BCUT2D eigenvalue weighted by Gasteiger charge is 2.32. The van der Waals surface area contributed by atoms with Crippen molar-refractivity contribution in [3.63, 3.8) is 0 Å². The average molecular weight is 230 g/mol. The van der Waals surface area contributed by atoms with E-state index in [2.05, 4.69) is 4.74 Å². The van der Waals surface area contributed by atoms with Gasteiger partial charge in [0, 0.05) is 13.6 Å². The third kappa shape index (κ3) is 3.18. The number of methoxy groups -OCH3 is 1. The van der Waals surface area contributed by atoms with Gasteiger partial charge in [-0.1, -0.05) is 0 Å². The lowest BCUT2D eigenvalue weighted by Crippen LogP contribution is -2.40. The van der Waals surface area contributed by atoms with E-state index in [-0.39, 0.29) is 18.6 Å². The van der Waals surface area contributed by atoms with Gasteiger partial charge in [-0.2, -0.15) is 0 Å². The van der Waals surface area contributed by atoms with E-state index in [0.717, 1.165) is 6.42 Å². The van der Waals surface area contributed by atoms with Gasteiger partial charge in [-0.25, -0.2) is 0 Å². The van der Waals surface area contributed by atoms with Gasteiger partial charge in [-0.3, -0.25) is 9.59 Å². The molecule has 1 fully saturated rings. The number of nitrogens with zero attached hydrogens (tertiary/aromatic N) is 1. The van der Waals surface area contributed by atoms with Crippen LogP contribution in [0, 0.1) is 0 Å². The Hall–Kier alpha value is -1.14. The van der Waals surface area contributed by atoms with Crippen LogP contribution in [0.4, 0.5) is 0 Å². The summed E-state index contributed by atoms with van der Waals surface area (Å²) in [4.78, 5) is 24.1. The molecule has 0 saturated carbocycles. The Morgan fingerprint density at radius 3 is 2.69 bits per heavy atom. The smallest absolute Gasteiger partial charge is 0.325 e. The van der Waals surface area contributed by atoms with Crippen LogP contribution < -0.4 is 5.73 Å². The number of nitrogens with two attached hydrogens (primary N) is 1. The van der Waals surface area contributed by atoms with E-state index >= 15 is 0 Å². The molecule has 0 aromatic rings. The number of hydrogen-bond donors (Lipinski definition) is 1. The second-order valence-electron chi connectivity index (χ2n) is 3.83. The number of hydrogen-bond acceptors (Lipinski definition) is 5. The topological polar surface area (TPSA) is 81.9 Å². The fourth-order valence-corrected chi connectivity index (χ4v) is 1.64. The maximum Gasteiger partial charge on any atom is 0.325 e. The van der Waals surface area contributed by atoms with Gasteiger partial charge in [0.05, 0.1) is 13.2 Å². The predicted molar refractivity (Wildman–Crippen MR) is 56.6 cm³/mol. The van der Waals surface area contributed by atoms with Gasteiger partial charge in [0.25, 0.3) is 5.91 Å². The zero-order valence-electron chi connectivity index (χ0n) is 9.64. The molecule has 0 aromatic heterocycles. The average Bonchev–Trinajstić information content (AvgIpc) is 2.76. The van der Waals surface area contributed by atoms with Crippen LogP contribution in [0.15, 0.2) is 0 Å². The number of rotatable bonds is 4. The van der Waals surface area contributed by atoms with Crippen molar-refractivity contribution in [2.75, 3.05) is 27.2 Å². The van der Waals surface area contributed by atoms with Crippen LogP contribution in [-0.2, 0) is 19.1 Å². The lowest BCUT2D eigenvalue weighted by molar-refractivity contribution is -0.150. The van der Waals surface area contributed by atoms with E-state index in [1.807, 2.05) is 0 Å². The number of carbonyl (C=O) groups is 2. The minimum absolute atomic E-state index is 0.0412. The number of esters is 1. The van der Waals surface area contributed by atoms with Crippen LogP contribution in [0.25, 0.3) is 0 Å². The van der Waals surface area contributed by atoms with E-state index in [4.69, 9.17) is 10.5 Å². The molecule has 0 aromatic carbocycles. The first-order valence-electron chi connectivity index (χ1n) is 5.25. The molecule has 16 heavy (non-hydrogen) atoms. The van der Waals surface area contributed by atoms with Crippen LogP contribution in [0.3, 0.4) is 0 Å². The van der Waals surface area contributed by atoms with Crippen LogP contribution in [0.5, 0.6) is 0 Å². The molecule has 1 saturated heterocycles. The summed E-state index contributed by atoms with van der Waals surface area (Å²) in [5.74, 6) is -0.634.